The Morgan fingerprint density at radius 2 is 2.41 bits per heavy atom. The maximum Gasteiger partial charge on any atom is 0.251 e. The standard InChI is InChI=1S/C12H17N3O2/c1-9-7-10(3-5-14-9)15-6-2-4-12(17,8-15)11(13)16/h3,5,7,17H,2,4,6,8H2,1H3,(H2,13,16)/t12-/m0/s1. The molecule has 0 saturated carbocycles. The van der Waals surface area contributed by atoms with E-state index >= 15 is 0 Å². The van der Waals surface area contributed by atoms with Crippen molar-refractivity contribution in [2.45, 2.75) is 25.4 Å². The van der Waals surface area contributed by atoms with Crippen molar-refractivity contribution in [3.63, 3.8) is 0 Å². The first kappa shape index (κ1) is 11.9. The molecule has 2 rings (SSSR count). The summed E-state index contributed by atoms with van der Waals surface area (Å²) in [4.78, 5) is 17.4. The summed E-state index contributed by atoms with van der Waals surface area (Å²) in [5.74, 6) is -0.645. The van der Waals surface area contributed by atoms with E-state index in [-0.39, 0.29) is 6.54 Å². The predicted molar refractivity (Wildman–Crippen MR) is 64.6 cm³/mol. The first-order valence-corrected chi connectivity index (χ1v) is 5.71. The quantitative estimate of drug-likeness (QED) is 0.767. The lowest BCUT2D eigenvalue weighted by atomic mass is 9.92. The van der Waals surface area contributed by atoms with Gasteiger partial charge in [-0.1, -0.05) is 0 Å². The van der Waals surface area contributed by atoms with Crippen molar-refractivity contribution in [3.8, 4) is 0 Å². The van der Waals surface area contributed by atoms with Crippen molar-refractivity contribution >= 4 is 11.6 Å². The van der Waals surface area contributed by atoms with Crippen LogP contribution in [0.4, 0.5) is 5.69 Å². The number of rotatable bonds is 2. The number of aliphatic hydroxyl groups is 1. The highest BCUT2D eigenvalue weighted by atomic mass is 16.3. The van der Waals surface area contributed by atoms with Crippen LogP contribution in [0.1, 0.15) is 18.5 Å². The summed E-state index contributed by atoms with van der Waals surface area (Å²) in [6.07, 6.45) is 2.91. The Balaban J connectivity index is 2.20. The first-order chi connectivity index (χ1) is 8.01. The minimum atomic E-state index is -1.41. The number of pyridine rings is 1. The van der Waals surface area contributed by atoms with E-state index in [1.165, 1.54) is 0 Å². The van der Waals surface area contributed by atoms with Crippen LogP contribution in [-0.4, -0.2) is 34.7 Å². The molecule has 1 aliphatic heterocycles. The Kier molecular flexibility index (Phi) is 3.02. The lowest BCUT2D eigenvalue weighted by Gasteiger charge is -2.38. The van der Waals surface area contributed by atoms with Gasteiger partial charge in [-0.15, -0.1) is 0 Å². The number of β-amino-alcohol motifs (C(OH)–C–C–N with tert-alkyl or cyclic N) is 1. The lowest BCUT2D eigenvalue weighted by molar-refractivity contribution is -0.137. The Labute approximate surface area is 100 Å². The number of nitrogens with zero attached hydrogens (tertiary/aromatic N) is 2. The number of primary amides is 1. The smallest absolute Gasteiger partial charge is 0.251 e. The van der Waals surface area contributed by atoms with Crippen LogP contribution in [0.5, 0.6) is 0 Å². The molecule has 0 aromatic carbocycles. The van der Waals surface area contributed by atoms with Gasteiger partial charge in [0.1, 0.15) is 0 Å². The van der Waals surface area contributed by atoms with Gasteiger partial charge in [0.15, 0.2) is 5.60 Å². The third kappa shape index (κ3) is 2.39. The number of nitrogens with two attached hydrogens (primary N) is 1. The zero-order valence-electron chi connectivity index (χ0n) is 9.89. The van der Waals surface area contributed by atoms with Gasteiger partial charge in [-0.3, -0.25) is 9.78 Å². The molecular formula is C12H17N3O2. The molecule has 0 aliphatic carbocycles. The molecule has 0 unspecified atom stereocenters. The van der Waals surface area contributed by atoms with E-state index in [0.717, 1.165) is 24.3 Å². The average molecular weight is 235 g/mol. The van der Waals surface area contributed by atoms with Gasteiger partial charge in [0.25, 0.3) is 5.91 Å². The Hall–Kier alpha value is -1.62. The molecule has 1 aromatic heterocycles. The number of amides is 1. The lowest BCUT2D eigenvalue weighted by Crippen LogP contribution is -2.56. The van der Waals surface area contributed by atoms with Gasteiger partial charge in [-0.25, -0.2) is 0 Å². The SMILES string of the molecule is Cc1cc(N2CCC[C@@](O)(C(N)=O)C2)ccn1. The second-order valence-corrected chi connectivity index (χ2v) is 4.58. The largest absolute Gasteiger partial charge is 0.378 e. The summed E-state index contributed by atoms with van der Waals surface area (Å²) in [6, 6.07) is 3.81. The van der Waals surface area contributed by atoms with E-state index in [4.69, 9.17) is 5.73 Å². The molecule has 1 aromatic rings. The molecule has 3 N–H and O–H groups in total. The number of anilines is 1. The molecule has 0 bridgehead atoms. The monoisotopic (exact) mass is 235 g/mol. The molecule has 17 heavy (non-hydrogen) atoms. The zero-order valence-corrected chi connectivity index (χ0v) is 9.89. The van der Waals surface area contributed by atoms with Gasteiger partial charge in [-0.2, -0.15) is 0 Å². The Morgan fingerprint density at radius 1 is 1.65 bits per heavy atom. The first-order valence-electron chi connectivity index (χ1n) is 5.71. The number of aryl methyl sites for hydroxylation is 1. The maximum atomic E-state index is 11.3. The molecule has 5 nitrogen and oxygen atoms in total. The van der Waals surface area contributed by atoms with Crippen LogP contribution in [0.2, 0.25) is 0 Å². The third-order valence-electron chi connectivity index (χ3n) is 3.17. The van der Waals surface area contributed by atoms with Crippen molar-refractivity contribution in [2.75, 3.05) is 18.0 Å². The van der Waals surface area contributed by atoms with Crippen LogP contribution in [0, 0.1) is 6.92 Å². The number of piperidine rings is 1. The second kappa shape index (κ2) is 4.33. The number of aromatic nitrogens is 1. The average Bonchev–Trinajstić information content (AvgIpc) is 2.29. The minimum Gasteiger partial charge on any atom is -0.378 e. The molecule has 92 valence electrons. The van der Waals surface area contributed by atoms with E-state index in [0.29, 0.717) is 6.42 Å². The number of carbonyl (C=O) groups excluding carboxylic acids is 1. The molecule has 2 heterocycles. The molecule has 1 aliphatic rings. The van der Waals surface area contributed by atoms with Crippen molar-refractivity contribution in [1.82, 2.24) is 4.98 Å². The van der Waals surface area contributed by atoms with Crippen LogP contribution < -0.4 is 10.6 Å². The molecule has 1 saturated heterocycles. The fourth-order valence-corrected chi connectivity index (χ4v) is 2.19. The molecule has 5 heteroatoms. The van der Waals surface area contributed by atoms with E-state index in [1.54, 1.807) is 6.20 Å². The fourth-order valence-electron chi connectivity index (χ4n) is 2.19. The summed E-state index contributed by atoms with van der Waals surface area (Å²) < 4.78 is 0. The molecule has 1 atom stereocenters. The number of carbonyl (C=O) groups is 1. The number of hydrogen-bond acceptors (Lipinski definition) is 4. The normalized spacial score (nSPS) is 24.7. The van der Waals surface area contributed by atoms with Gasteiger partial charge in [-0.05, 0) is 31.9 Å². The molecule has 1 amide bonds. The minimum absolute atomic E-state index is 0.256. The van der Waals surface area contributed by atoms with E-state index in [9.17, 15) is 9.90 Å². The zero-order chi connectivity index (χ0) is 12.5. The number of hydrogen-bond donors (Lipinski definition) is 2. The van der Waals surface area contributed by atoms with Crippen LogP contribution in [0.3, 0.4) is 0 Å². The van der Waals surface area contributed by atoms with Crippen LogP contribution >= 0.6 is 0 Å². The van der Waals surface area contributed by atoms with Crippen molar-refractivity contribution < 1.29 is 9.90 Å². The fraction of sp³-hybridized carbons (Fsp3) is 0.500. The summed E-state index contributed by atoms with van der Waals surface area (Å²) in [6.45, 7) is 2.98. The van der Waals surface area contributed by atoms with Gasteiger partial charge < -0.3 is 15.7 Å². The van der Waals surface area contributed by atoms with Gasteiger partial charge in [0.05, 0.1) is 6.54 Å². The highest BCUT2D eigenvalue weighted by Gasteiger charge is 2.38. The van der Waals surface area contributed by atoms with E-state index in [2.05, 4.69) is 4.98 Å². The van der Waals surface area contributed by atoms with Gasteiger partial charge in [0.2, 0.25) is 0 Å². The second-order valence-electron chi connectivity index (χ2n) is 4.58. The van der Waals surface area contributed by atoms with E-state index in [1.807, 2.05) is 24.0 Å². The summed E-state index contributed by atoms with van der Waals surface area (Å²) in [7, 11) is 0. The summed E-state index contributed by atoms with van der Waals surface area (Å²) in [5.41, 5.74) is 5.72. The molecule has 0 radical (unpaired) electrons. The van der Waals surface area contributed by atoms with Crippen molar-refractivity contribution in [2.24, 2.45) is 5.73 Å². The van der Waals surface area contributed by atoms with Crippen molar-refractivity contribution in [1.29, 1.82) is 0 Å². The highest BCUT2D eigenvalue weighted by molar-refractivity contribution is 5.84. The van der Waals surface area contributed by atoms with Gasteiger partial charge in [0, 0.05) is 24.1 Å². The molecule has 0 spiro atoms. The van der Waals surface area contributed by atoms with E-state index < -0.39 is 11.5 Å². The summed E-state index contributed by atoms with van der Waals surface area (Å²) in [5, 5.41) is 10.1. The molecule has 1 fully saturated rings. The topological polar surface area (TPSA) is 79.5 Å². The van der Waals surface area contributed by atoms with Gasteiger partial charge >= 0.3 is 0 Å². The Bertz CT molecular complexity index is 436. The summed E-state index contributed by atoms with van der Waals surface area (Å²) >= 11 is 0. The molecular weight excluding hydrogens is 218 g/mol. The van der Waals surface area contributed by atoms with Crippen molar-refractivity contribution in [3.05, 3.63) is 24.0 Å². The third-order valence-corrected chi connectivity index (χ3v) is 3.17. The predicted octanol–water partition coefficient (Wildman–Crippen LogP) is 0.207. The van der Waals surface area contributed by atoms with Crippen LogP contribution in [0.15, 0.2) is 18.3 Å². The maximum absolute atomic E-state index is 11.3. The highest BCUT2D eigenvalue weighted by Crippen LogP contribution is 2.25. The van der Waals surface area contributed by atoms with Crippen LogP contribution in [0.25, 0.3) is 0 Å². The van der Waals surface area contributed by atoms with Crippen LogP contribution in [-0.2, 0) is 4.79 Å². The Morgan fingerprint density at radius 3 is 3.06 bits per heavy atom.